The molecule has 0 aliphatic carbocycles. The number of hydrogen-bond donors (Lipinski definition) is 2. The van der Waals surface area contributed by atoms with Crippen molar-refractivity contribution in [2.24, 2.45) is 0 Å². The molecule has 0 fully saturated rings. The number of benzene rings is 1. The van der Waals surface area contributed by atoms with Crippen molar-refractivity contribution < 1.29 is 26.3 Å². The van der Waals surface area contributed by atoms with Gasteiger partial charge in [-0.1, -0.05) is 0 Å². The summed E-state index contributed by atoms with van der Waals surface area (Å²) in [5, 5.41) is 1.40. The number of rotatable bonds is 4. The number of nitrogens with zero attached hydrogens (tertiary/aromatic N) is 4. The maximum Gasteiger partial charge on any atom is 0.412 e. The third-order valence-corrected chi connectivity index (χ3v) is 5.60. The summed E-state index contributed by atoms with van der Waals surface area (Å²) in [5.41, 5.74) is -2.60. The molecule has 1 aromatic carbocycles. The molecule has 1 atom stereocenters. The standard InChI is InChI=1S/C24H14F6N6O/c1-10-4-5-11(23(37)34-10)18-13(7-12-17(27)14(25)8-15(26)19(12)35-18)21(24(28,29)30)36-22-20-16(32-9-33-22)3-2-6-31-20/h2-9,21H,1H3,(H,34,37)(H,32,33,36)/t21-/m1/s1. The minimum absolute atomic E-state index is 0.00556. The molecule has 13 heteroatoms. The van der Waals surface area contributed by atoms with Crippen LogP contribution in [-0.4, -0.2) is 31.1 Å². The zero-order valence-corrected chi connectivity index (χ0v) is 18.7. The molecule has 2 N–H and O–H groups in total. The van der Waals surface area contributed by atoms with Crippen molar-refractivity contribution in [1.29, 1.82) is 0 Å². The van der Waals surface area contributed by atoms with Crippen LogP contribution in [0.1, 0.15) is 17.3 Å². The number of fused-ring (bicyclic) bond motifs is 2. The Bertz CT molecular complexity index is 1730. The summed E-state index contributed by atoms with van der Waals surface area (Å²) >= 11 is 0. The molecule has 0 aliphatic heterocycles. The number of anilines is 1. The molecule has 188 valence electrons. The molecule has 0 aliphatic rings. The van der Waals surface area contributed by atoms with Crippen molar-refractivity contribution in [2.75, 3.05) is 5.32 Å². The van der Waals surface area contributed by atoms with Gasteiger partial charge in [0.25, 0.3) is 5.56 Å². The van der Waals surface area contributed by atoms with Gasteiger partial charge in [-0.25, -0.2) is 28.1 Å². The predicted octanol–water partition coefficient (Wildman–Crippen LogP) is 5.37. The zero-order chi connectivity index (χ0) is 26.5. The topological polar surface area (TPSA) is 96.4 Å². The number of halogens is 6. The van der Waals surface area contributed by atoms with Crippen molar-refractivity contribution in [1.82, 2.24) is 24.9 Å². The Morgan fingerprint density at radius 1 is 0.973 bits per heavy atom. The van der Waals surface area contributed by atoms with Gasteiger partial charge in [-0.05, 0) is 37.3 Å². The lowest BCUT2D eigenvalue weighted by molar-refractivity contribution is -0.143. The van der Waals surface area contributed by atoms with Crippen LogP contribution in [0.5, 0.6) is 0 Å². The van der Waals surface area contributed by atoms with Gasteiger partial charge < -0.3 is 10.3 Å². The Kier molecular flexibility index (Phi) is 5.77. The van der Waals surface area contributed by atoms with Crippen molar-refractivity contribution >= 4 is 27.8 Å². The van der Waals surface area contributed by atoms with Crippen molar-refractivity contribution in [3.8, 4) is 11.3 Å². The molecule has 37 heavy (non-hydrogen) atoms. The van der Waals surface area contributed by atoms with Gasteiger partial charge in [-0.2, -0.15) is 13.2 Å². The van der Waals surface area contributed by atoms with Gasteiger partial charge in [-0.3, -0.25) is 9.78 Å². The molecule has 0 spiro atoms. The quantitative estimate of drug-likeness (QED) is 0.246. The molecule has 5 aromatic rings. The monoisotopic (exact) mass is 516 g/mol. The van der Waals surface area contributed by atoms with E-state index >= 15 is 0 Å². The number of pyridine rings is 3. The van der Waals surface area contributed by atoms with Crippen molar-refractivity contribution in [2.45, 2.75) is 19.1 Å². The normalized spacial score (nSPS) is 12.7. The van der Waals surface area contributed by atoms with E-state index in [0.717, 1.165) is 6.33 Å². The van der Waals surface area contributed by atoms with Crippen LogP contribution < -0.4 is 10.9 Å². The van der Waals surface area contributed by atoms with Crippen molar-refractivity contribution in [3.63, 3.8) is 0 Å². The number of hydrogen-bond acceptors (Lipinski definition) is 6. The molecule has 0 saturated heterocycles. The number of aryl methyl sites for hydroxylation is 1. The summed E-state index contributed by atoms with van der Waals surface area (Å²) in [6, 6.07) is 3.86. The van der Waals surface area contributed by atoms with Crippen LogP contribution >= 0.6 is 0 Å². The van der Waals surface area contributed by atoms with Gasteiger partial charge in [0.15, 0.2) is 29.3 Å². The minimum atomic E-state index is -5.07. The highest BCUT2D eigenvalue weighted by Crippen LogP contribution is 2.41. The van der Waals surface area contributed by atoms with Crippen LogP contribution in [0.4, 0.5) is 32.2 Å². The molecular weight excluding hydrogens is 502 g/mol. The summed E-state index contributed by atoms with van der Waals surface area (Å²) in [6.45, 7) is 1.55. The third kappa shape index (κ3) is 4.32. The molecule has 0 bridgehead atoms. The maximum atomic E-state index is 14.6. The van der Waals surface area contributed by atoms with Crippen LogP contribution in [0, 0.1) is 24.4 Å². The molecule has 0 radical (unpaired) electrons. The summed E-state index contributed by atoms with van der Waals surface area (Å²) in [5.74, 6) is -4.83. The predicted molar refractivity (Wildman–Crippen MR) is 122 cm³/mol. The van der Waals surface area contributed by atoms with E-state index in [1.54, 1.807) is 6.92 Å². The second-order valence-corrected chi connectivity index (χ2v) is 8.07. The highest BCUT2D eigenvalue weighted by Gasteiger charge is 2.44. The second kappa shape index (κ2) is 8.84. The SMILES string of the molecule is Cc1ccc(-c2nc3c(F)cc(F)c(F)c3cc2[C@@H](Nc2ncnc3cccnc23)C(F)(F)F)c(=O)[nH]1. The van der Waals surface area contributed by atoms with Gasteiger partial charge in [0.1, 0.15) is 17.4 Å². The summed E-state index contributed by atoms with van der Waals surface area (Å²) in [7, 11) is 0. The minimum Gasteiger partial charge on any atom is -0.353 e. The van der Waals surface area contributed by atoms with E-state index in [0.29, 0.717) is 11.8 Å². The number of aromatic nitrogens is 5. The lowest BCUT2D eigenvalue weighted by atomic mass is 9.97. The van der Waals surface area contributed by atoms with Gasteiger partial charge in [0, 0.05) is 28.9 Å². The molecule has 7 nitrogen and oxygen atoms in total. The summed E-state index contributed by atoms with van der Waals surface area (Å²) in [4.78, 5) is 30.8. The lowest BCUT2D eigenvalue weighted by Gasteiger charge is -2.25. The van der Waals surface area contributed by atoms with E-state index in [1.165, 1.54) is 30.5 Å². The van der Waals surface area contributed by atoms with Gasteiger partial charge >= 0.3 is 6.18 Å². The first-order chi connectivity index (χ1) is 17.5. The smallest absolute Gasteiger partial charge is 0.353 e. The Morgan fingerprint density at radius 2 is 1.76 bits per heavy atom. The van der Waals surface area contributed by atoms with E-state index in [1.807, 2.05) is 0 Å². The Labute approximate surface area is 203 Å². The van der Waals surface area contributed by atoms with Crippen LogP contribution in [0.3, 0.4) is 0 Å². The number of aromatic amines is 1. The maximum absolute atomic E-state index is 14.6. The largest absolute Gasteiger partial charge is 0.412 e. The summed E-state index contributed by atoms with van der Waals surface area (Å²) in [6.07, 6.45) is -2.72. The fraction of sp³-hybridized carbons (Fsp3) is 0.125. The Hall–Kier alpha value is -4.55. The molecule has 4 heterocycles. The average Bonchev–Trinajstić information content (AvgIpc) is 2.85. The van der Waals surface area contributed by atoms with Crippen molar-refractivity contribution in [3.05, 3.63) is 88.0 Å². The van der Waals surface area contributed by atoms with E-state index in [2.05, 4.69) is 30.2 Å². The van der Waals surface area contributed by atoms with Crippen LogP contribution in [0.15, 0.2) is 53.7 Å². The highest BCUT2D eigenvalue weighted by molar-refractivity contribution is 5.87. The molecule has 5 rings (SSSR count). The van der Waals surface area contributed by atoms with Crippen LogP contribution in [0.2, 0.25) is 0 Å². The zero-order valence-electron chi connectivity index (χ0n) is 18.7. The van der Waals surface area contributed by atoms with E-state index in [9.17, 15) is 31.1 Å². The third-order valence-electron chi connectivity index (χ3n) is 5.60. The number of H-pyrrole nitrogens is 1. The van der Waals surface area contributed by atoms with Gasteiger partial charge in [0.05, 0.1) is 16.8 Å². The number of nitrogens with one attached hydrogen (secondary N) is 2. The first-order valence-corrected chi connectivity index (χ1v) is 10.6. The van der Waals surface area contributed by atoms with Crippen LogP contribution in [0.25, 0.3) is 33.2 Å². The summed E-state index contributed by atoms with van der Waals surface area (Å²) < 4.78 is 86.8. The van der Waals surface area contributed by atoms with Gasteiger partial charge in [0.2, 0.25) is 0 Å². The van der Waals surface area contributed by atoms with E-state index in [4.69, 9.17) is 0 Å². The lowest BCUT2D eigenvalue weighted by Crippen LogP contribution is -2.30. The Morgan fingerprint density at radius 3 is 2.49 bits per heavy atom. The second-order valence-electron chi connectivity index (χ2n) is 8.07. The Balaban J connectivity index is 1.82. The molecule has 0 saturated carbocycles. The number of alkyl halides is 3. The highest BCUT2D eigenvalue weighted by atomic mass is 19.4. The fourth-order valence-electron chi connectivity index (χ4n) is 3.92. The van der Waals surface area contributed by atoms with E-state index in [-0.39, 0.29) is 28.5 Å². The van der Waals surface area contributed by atoms with E-state index < -0.39 is 57.4 Å². The first-order valence-electron chi connectivity index (χ1n) is 10.6. The van der Waals surface area contributed by atoms with Gasteiger partial charge in [-0.15, -0.1) is 0 Å². The van der Waals surface area contributed by atoms with Crippen LogP contribution in [-0.2, 0) is 0 Å². The molecule has 0 amide bonds. The molecule has 4 aromatic heterocycles. The average molecular weight is 516 g/mol. The molecule has 0 unspecified atom stereocenters. The molecular formula is C24H14F6N6O. The first kappa shape index (κ1) is 24.2. The fourth-order valence-corrected chi connectivity index (χ4v) is 3.92.